The van der Waals surface area contributed by atoms with Crippen LogP contribution in [0.5, 0.6) is 0 Å². The summed E-state index contributed by atoms with van der Waals surface area (Å²) in [6.07, 6.45) is 0. The van der Waals surface area contributed by atoms with E-state index in [0.29, 0.717) is 5.92 Å². The average Bonchev–Trinajstić information content (AvgIpc) is 3.03. The lowest BCUT2D eigenvalue weighted by Gasteiger charge is -2.20. The van der Waals surface area contributed by atoms with Crippen LogP contribution in [0.4, 0.5) is 0 Å². The Hall–Kier alpha value is -2.14. The molecule has 1 atom stereocenters. The van der Waals surface area contributed by atoms with Crippen LogP contribution in [0.15, 0.2) is 18.2 Å². The van der Waals surface area contributed by atoms with E-state index in [1.165, 1.54) is 11.3 Å². The van der Waals surface area contributed by atoms with Gasteiger partial charge in [-0.05, 0) is 44.4 Å². The van der Waals surface area contributed by atoms with Crippen LogP contribution in [0.1, 0.15) is 48.5 Å². The second-order valence-corrected chi connectivity index (χ2v) is 7.00. The van der Waals surface area contributed by atoms with Crippen molar-refractivity contribution in [2.75, 3.05) is 0 Å². The fourth-order valence-electron chi connectivity index (χ4n) is 3.08. The Bertz CT molecular complexity index is 856. The number of aryl methyl sites for hydroxylation is 2. The third-order valence-electron chi connectivity index (χ3n) is 4.81. The lowest BCUT2D eigenvalue weighted by atomic mass is 10.0. The van der Waals surface area contributed by atoms with E-state index in [2.05, 4.69) is 79.7 Å². The molecule has 0 amide bonds. The third kappa shape index (κ3) is 3.08. The summed E-state index contributed by atoms with van der Waals surface area (Å²) in [4.78, 5) is 12.9. The van der Waals surface area contributed by atoms with Gasteiger partial charge in [-0.2, -0.15) is 0 Å². The lowest BCUT2D eigenvalue weighted by molar-refractivity contribution is 0.389. The zero-order chi connectivity index (χ0) is 17.4. The molecule has 1 aromatic carbocycles. The molecule has 0 aliphatic carbocycles. The highest BCUT2D eigenvalue weighted by Gasteiger charge is 2.20. The van der Waals surface area contributed by atoms with Gasteiger partial charge in [0.15, 0.2) is 0 Å². The van der Waals surface area contributed by atoms with Crippen molar-refractivity contribution in [2.24, 2.45) is 13.0 Å². The molecule has 0 spiro atoms. The lowest BCUT2D eigenvalue weighted by Crippen LogP contribution is -2.27. The Kier molecular flexibility index (Phi) is 4.45. The minimum atomic E-state index is 0.162. The molecule has 2 heterocycles. The van der Waals surface area contributed by atoms with Gasteiger partial charge >= 0.3 is 0 Å². The van der Waals surface area contributed by atoms with Crippen LogP contribution in [0.3, 0.4) is 0 Å². The Morgan fingerprint density at radius 3 is 2.54 bits per heavy atom. The van der Waals surface area contributed by atoms with E-state index in [1.54, 1.807) is 0 Å². The zero-order valence-electron chi connectivity index (χ0n) is 15.4. The molecule has 2 N–H and O–H groups in total. The summed E-state index contributed by atoms with van der Waals surface area (Å²) < 4.78 is 2.15. The van der Waals surface area contributed by atoms with Gasteiger partial charge in [-0.3, -0.25) is 0 Å². The zero-order valence-corrected chi connectivity index (χ0v) is 15.4. The van der Waals surface area contributed by atoms with Crippen molar-refractivity contribution in [3.63, 3.8) is 0 Å². The van der Waals surface area contributed by atoms with Crippen LogP contribution in [-0.2, 0) is 13.6 Å². The van der Waals surface area contributed by atoms with Gasteiger partial charge in [0, 0.05) is 12.7 Å². The Morgan fingerprint density at radius 1 is 1.17 bits per heavy atom. The number of H-pyrrole nitrogens is 1. The average molecular weight is 325 g/mol. The van der Waals surface area contributed by atoms with Gasteiger partial charge in [-0.1, -0.05) is 19.9 Å². The van der Waals surface area contributed by atoms with Gasteiger partial charge in [0.2, 0.25) is 0 Å². The first kappa shape index (κ1) is 16.7. The maximum atomic E-state index is 4.79. The summed E-state index contributed by atoms with van der Waals surface area (Å²) in [5.74, 6) is 2.48. The van der Waals surface area contributed by atoms with E-state index in [0.717, 1.165) is 34.9 Å². The van der Waals surface area contributed by atoms with Crippen molar-refractivity contribution in [2.45, 2.75) is 47.2 Å². The fourth-order valence-corrected chi connectivity index (χ4v) is 3.08. The minimum Gasteiger partial charge on any atom is -0.341 e. The topological polar surface area (TPSA) is 58.5 Å². The minimum absolute atomic E-state index is 0.162. The molecule has 5 heteroatoms. The molecule has 1 unspecified atom stereocenters. The summed E-state index contributed by atoms with van der Waals surface area (Å²) >= 11 is 0. The Labute approximate surface area is 143 Å². The maximum Gasteiger partial charge on any atom is 0.124 e. The second kappa shape index (κ2) is 6.40. The van der Waals surface area contributed by atoms with Crippen LogP contribution >= 0.6 is 0 Å². The van der Waals surface area contributed by atoms with Gasteiger partial charge in [0.1, 0.15) is 11.6 Å². The number of aromatic nitrogens is 4. The largest absolute Gasteiger partial charge is 0.341 e. The predicted molar refractivity (Wildman–Crippen MR) is 97.9 cm³/mol. The number of hydrogen-bond acceptors (Lipinski definition) is 3. The van der Waals surface area contributed by atoms with E-state index in [9.17, 15) is 0 Å². The first-order chi connectivity index (χ1) is 11.4. The summed E-state index contributed by atoms with van der Waals surface area (Å²) in [5, 5.41) is 3.63. The Morgan fingerprint density at radius 2 is 1.92 bits per heavy atom. The van der Waals surface area contributed by atoms with E-state index in [1.807, 2.05) is 0 Å². The van der Waals surface area contributed by atoms with Crippen LogP contribution in [0.2, 0.25) is 0 Å². The normalized spacial score (nSPS) is 13.1. The van der Waals surface area contributed by atoms with E-state index >= 15 is 0 Å². The number of benzene rings is 1. The number of fused-ring (bicyclic) bond motifs is 1. The molecule has 5 nitrogen and oxygen atoms in total. The van der Waals surface area contributed by atoms with Crippen LogP contribution in [-0.4, -0.2) is 19.5 Å². The van der Waals surface area contributed by atoms with E-state index in [-0.39, 0.29) is 6.04 Å². The third-order valence-corrected chi connectivity index (χ3v) is 4.81. The predicted octanol–water partition coefficient (Wildman–Crippen LogP) is 3.71. The van der Waals surface area contributed by atoms with Crippen molar-refractivity contribution in [3.05, 3.63) is 46.8 Å². The highest BCUT2D eigenvalue weighted by molar-refractivity contribution is 5.75. The smallest absolute Gasteiger partial charge is 0.124 e. The first-order valence-corrected chi connectivity index (χ1v) is 8.55. The van der Waals surface area contributed by atoms with Crippen molar-refractivity contribution in [3.8, 4) is 0 Å². The van der Waals surface area contributed by atoms with E-state index in [4.69, 9.17) is 4.98 Å². The molecule has 0 fully saturated rings. The van der Waals surface area contributed by atoms with Crippen molar-refractivity contribution >= 4 is 11.0 Å². The molecule has 3 aromatic rings. The molecule has 24 heavy (non-hydrogen) atoms. The van der Waals surface area contributed by atoms with Gasteiger partial charge < -0.3 is 14.9 Å². The number of hydrogen-bond donors (Lipinski definition) is 2. The molecule has 128 valence electrons. The molecule has 0 saturated heterocycles. The number of nitrogens with zero attached hydrogens (tertiary/aromatic N) is 3. The molecular formula is C19H27N5. The standard InChI is InChI=1S/C19H27N5/c1-11(2)18(20-10-17-21-13(4)14(5)24(17)6)19-22-15-8-7-12(3)9-16(15)23-19/h7-9,11,18,20H,10H2,1-6H3,(H,22,23). The number of aromatic amines is 1. The molecule has 0 saturated carbocycles. The summed E-state index contributed by atoms with van der Waals surface area (Å²) in [6.45, 7) is 11.4. The van der Waals surface area contributed by atoms with Crippen LogP contribution in [0.25, 0.3) is 11.0 Å². The fraction of sp³-hybridized carbons (Fsp3) is 0.474. The monoisotopic (exact) mass is 325 g/mol. The molecule has 0 aliphatic rings. The van der Waals surface area contributed by atoms with Gasteiger partial charge in [0.05, 0.1) is 29.3 Å². The summed E-state index contributed by atoms with van der Waals surface area (Å²) in [5.41, 5.74) is 5.67. The molecule has 2 aromatic heterocycles. The van der Waals surface area contributed by atoms with Gasteiger partial charge in [-0.15, -0.1) is 0 Å². The second-order valence-electron chi connectivity index (χ2n) is 7.00. The summed E-state index contributed by atoms with van der Waals surface area (Å²) in [6, 6.07) is 6.49. The molecular weight excluding hydrogens is 298 g/mol. The van der Waals surface area contributed by atoms with E-state index < -0.39 is 0 Å². The molecule has 0 bridgehead atoms. The van der Waals surface area contributed by atoms with Crippen molar-refractivity contribution in [1.29, 1.82) is 0 Å². The van der Waals surface area contributed by atoms with Crippen molar-refractivity contribution in [1.82, 2.24) is 24.8 Å². The first-order valence-electron chi connectivity index (χ1n) is 8.55. The summed E-state index contributed by atoms with van der Waals surface area (Å²) in [7, 11) is 2.07. The molecule has 0 radical (unpaired) electrons. The number of imidazole rings is 2. The molecule has 0 aliphatic heterocycles. The number of nitrogens with one attached hydrogen (secondary N) is 2. The molecule has 3 rings (SSSR count). The van der Waals surface area contributed by atoms with Gasteiger partial charge in [0.25, 0.3) is 0 Å². The van der Waals surface area contributed by atoms with Crippen LogP contribution in [0, 0.1) is 26.7 Å². The van der Waals surface area contributed by atoms with Crippen molar-refractivity contribution < 1.29 is 0 Å². The van der Waals surface area contributed by atoms with Crippen LogP contribution < -0.4 is 5.32 Å². The van der Waals surface area contributed by atoms with Gasteiger partial charge in [-0.25, -0.2) is 9.97 Å². The maximum absolute atomic E-state index is 4.79. The number of rotatable bonds is 5. The highest BCUT2D eigenvalue weighted by atomic mass is 15.1. The SMILES string of the molecule is Cc1ccc2nc(C(NCc3nc(C)c(C)n3C)C(C)C)[nH]c2c1. The quantitative estimate of drug-likeness (QED) is 0.752. The Balaban J connectivity index is 1.84. The highest BCUT2D eigenvalue weighted by Crippen LogP contribution is 2.23.